The van der Waals surface area contributed by atoms with E-state index in [9.17, 15) is 9.59 Å². The van der Waals surface area contributed by atoms with Gasteiger partial charge in [-0.15, -0.1) is 0 Å². The fourth-order valence-electron chi connectivity index (χ4n) is 3.10. The molecule has 144 valence electrons. The summed E-state index contributed by atoms with van der Waals surface area (Å²) in [6.07, 6.45) is -0.892. The number of aromatic nitrogens is 1. The summed E-state index contributed by atoms with van der Waals surface area (Å²) in [5, 5.41) is 4.76. The average molecular weight is 385 g/mol. The average Bonchev–Trinajstić information content (AvgIpc) is 3.17. The molecule has 0 N–H and O–H groups in total. The molecule has 0 unspecified atom stereocenters. The lowest BCUT2D eigenvalue weighted by Gasteiger charge is -2.12. The van der Waals surface area contributed by atoms with E-state index < -0.39 is 12.1 Å². The number of aryl methyl sites for hydroxylation is 1. The molecule has 1 atom stereocenters. The number of carbonyl (C=O) groups excluding carboxylic acids is 2. The summed E-state index contributed by atoms with van der Waals surface area (Å²) in [7, 11) is 0. The predicted octanol–water partition coefficient (Wildman–Crippen LogP) is 5.23. The maximum Gasteiger partial charge on any atom is 0.338 e. The van der Waals surface area contributed by atoms with Crippen LogP contribution in [-0.2, 0) is 4.74 Å². The molecule has 5 nitrogen and oxygen atoms in total. The molecule has 3 aromatic carbocycles. The predicted molar refractivity (Wildman–Crippen MR) is 110 cm³/mol. The minimum absolute atomic E-state index is 0.241. The van der Waals surface area contributed by atoms with E-state index in [2.05, 4.69) is 5.16 Å². The lowest BCUT2D eigenvalue weighted by Crippen LogP contribution is -2.24. The summed E-state index contributed by atoms with van der Waals surface area (Å²) in [4.78, 5) is 25.2. The van der Waals surface area contributed by atoms with Crippen molar-refractivity contribution in [3.05, 3.63) is 89.5 Å². The molecule has 0 aliphatic rings. The molecular formula is C24H19NO4. The SMILES string of the molecule is Cc1ccc(C(=O)[C@H](C)OC(=O)c2ccc3noc(-c4ccccc4)c3c2)cc1. The highest BCUT2D eigenvalue weighted by molar-refractivity contribution is 6.03. The molecule has 1 heterocycles. The first kappa shape index (κ1) is 18.6. The van der Waals surface area contributed by atoms with Gasteiger partial charge in [-0.05, 0) is 32.0 Å². The number of nitrogens with zero attached hydrogens (tertiary/aromatic N) is 1. The Morgan fingerprint density at radius 1 is 0.931 bits per heavy atom. The van der Waals surface area contributed by atoms with Gasteiger partial charge in [-0.1, -0.05) is 65.3 Å². The van der Waals surface area contributed by atoms with Gasteiger partial charge in [-0.25, -0.2) is 4.79 Å². The number of rotatable bonds is 5. The number of ether oxygens (including phenoxy) is 1. The molecule has 0 bridgehead atoms. The number of Topliss-reactive ketones (excluding diaryl/α,β-unsaturated/α-hetero) is 1. The first-order chi connectivity index (χ1) is 14.0. The number of ketones is 1. The smallest absolute Gasteiger partial charge is 0.338 e. The van der Waals surface area contributed by atoms with Gasteiger partial charge in [0.25, 0.3) is 0 Å². The van der Waals surface area contributed by atoms with Gasteiger partial charge in [0.15, 0.2) is 11.9 Å². The number of hydrogen-bond donors (Lipinski definition) is 0. The summed E-state index contributed by atoms with van der Waals surface area (Å²) in [5.74, 6) is -0.228. The molecule has 0 radical (unpaired) electrons. The lowest BCUT2D eigenvalue weighted by atomic mass is 10.0. The minimum Gasteiger partial charge on any atom is -0.451 e. The Morgan fingerprint density at radius 2 is 1.62 bits per heavy atom. The van der Waals surface area contributed by atoms with Gasteiger partial charge < -0.3 is 9.26 Å². The van der Waals surface area contributed by atoms with Gasteiger partial charge in [-0.3, -0.25) is 4.79 Å². The highest BCUT2D eigenvalue weighted by atomic mass is 16.5. The van der Waals surface area contributed by atoms with Gasteiger partial charge in [0, 0.05) is 11.1 Å². The fourth-order valence-corrected chi connectivity index (χ4v) is 3.10. The van der Waals surface area contributed by atoms with E-state index in [0.717, 1.165) is 11.1 Å². The van der Waals surface area contributed by atoms with Crippen molar-refractivity contribution in [2.24, 2.45) is 0 Å². The zero-order valence-corrected chi connectivity index (χ0v) is 16.1. The second-order valence-electron chi connectivity index (χ2n) is 6.89. The van der Waals surface area contributed by atoms with Crippen LogP contribution in [0.1, 0.15) is 33.2 Å². The largest absolute Gasteiger partial charge is 0.451 e. The second kappa shape index (κ2) is 7.72. The first-order valence-electron chi connectivity index (χ1n) is 9.29. The number of fused-ring (bicyclic) bond motifs is 1. The molecule has 0 aliphatic carbocycles. The Morgan fingerprint density at radius 3 is 2.34 bits per heavy atom. The van der Waals surface area contributed by atoms with E-state index in [1.54, 1.807) is 37.3 Å². The Balaban J connectivity index is 1.57. The van der Waals surface area contributed by atoms with Crippen molar-refractivity contribution in [2.45, 2.75) is 20.0 Å². The van der Waals surface area contributed by atoms with E-state index in [1.165, 1.54) is 0 Å². The third kappa shape index (κ3) is 3.80. The molecule has 0 saturated carbocycles. The third-order valence-electron chi connectivity index (χ3n) is 4.74. The first-order valence-corrected chi connectivity index (χ1v) is 9.29. The zero-order valence-electron chi connectivity index (χ0n) is 16.1. The maximum absolute atomic E-state index is 12.6. The molecule has 4 aromatic rings. The van der Waals surface area contributed by atoms with Crippen LogP contribution < -0.4 is 0 Å². The second-order valence-corrected chi connectivity index (χ2v) is 6.89. The molecule has 0 amide bonds. The summed E-state index contributed by atoms with van der Waals surface area (Å²) in [6.45, 7) is 3.52. The van der Waals surface area contributed by atoms with Gasteiger partial charge in [0.2, 0.25) is 5.78 Å². The van der Waals surface area contributed by atoms with Crippen LogP contribution in [0.3, 0.4) is 0 Å². The van der Waals surface area contributed by atoms with Gasteiger partial charge in [-0.2, -0.15) is 0 Å². The maximum atomic E-state index is 12.6. The van der Waals surface area contributed by atoms with Crippen LogP contribution in [0.2, 0.25) is 0 Å². The minimum atomic E-state index is -0.892. The third-order valence-corrected chi connectivity index (χ3v) is 4.74. The van der Waals surface area contributed by atoms with Crippen LogP contribution in [0.15, 0.2) is 77.3 Å². The zero-order chi connectivity index (χ0) is 20.4. The van der Waals surface area contributed by atoms with E-state index in [0.29, 0.717) is 27.8 Å². The highest BCUT2D eigenvalue weighted by Gasteiger charge is 2.21. The number of carbonyl (C=O) groups is 2. The van der Waals surface area contributed by atoms with Crippen LogP contribution in [0.4, 0.5) is 0 Å². The molecule has 1 aromatic heterocycles. The molecule has 29 heavy (non-hydrogen) atoms. The Bertz CT molecular complexity index is 1180. The van der Waals surface area contributed by atoms with E-state index >= 15 is 0 Å². The fraction of sp³-hybridized carbons (Fsp3) is 0.125. The standard InChI is InChI=1S/C24H19NO4/c1-15-8-10-17(11-9-15)22(26)16(2)28-24(27)19-12-13-21-20(14-19)23(29-25-21)18-6-4-3-5-7-18/h3-14,16H,1-2H3/t16-/m0/s1. The Kier molecular flexibility index (Phi) is 4.96. The summed E-state index contributed by atoms with van der Waals surface area (Å²) < 4.78 is 10.9. The van der Waals surface area contributed by atoms with E-state index in [-0.39, 0.29) is 5.78 Å². The summed E-state index contributed by atoms with van der Waals surface area (Å²) in [6, 6.07) is 21.7. The van der Waals surface area contributed by atoms with Crippen LogP contribution in [0.25, 0.3) is 22.2 Å². The molecular weight excluding hydrogens is 366 g/mol. The monoisotopic (exact) mass is 385 g/mol. The van der Waals surface area contributed by atoms with Crippen molar-refractivity contribution in [2.75, 3.05) is 0 Å². The van der Waals surface area contributed by atoms with Crippen molar-refractivity contribution in [3.63, 3.8) is 0 Å². The molecule has 0 fully saturated rings. The van der Waals surface area contributed by atoms with E-state index in [4.69, 9.17) is 9.26 Å². The summed E-state index contributed by atoms with van der Waals surface area (Å²) >= 11 is 0. The van der Waals surface area contributed by atoms with Crippen molar-refractivity contribution < 1.29 is 18.8 Å². The molecule has 0 saturated heterocycles. The lowest BCUT2D eigenvalue weighted by molar-refractivity contribution is 0.0319. The quantitative estimate of drug-likeness (QED) is 0.347. The van der Waals surface area contributed by atoms with Gasteiger partial charge in [0.1, 0.15) is 5.52 Å². The summed E-state index contributed by atoms with van der Waals surface area (Å²) in [5.41, 5.74) is 3.41. The highest BCUT2D eigenvalue weighted by Crippen LogP contribution is 2.29. The van der Waals surface area contributed by atoms with Crippen LogP contribution in [-0.4, -0.2) is 23.0 Å². The van der Waals surface area contributed by atoms with Crippen LogP contribution >= 0.6 is 0 Å². The normalized spacial score (nSPS) is 11.9. The van der Waals surface area contributed by atoms with Crippen molar-refractivity contribution in [1.82, 2.24) is 5.16 Å². The van der Waals surface area contributed by atoms with Gasteiger partial charge in [0.05, 0.1) is 10.9 Å². The molecule has 5 heteroatoms. The van der Waals surface area contributed by atoms with Crippen LogP contribution in [0.5, 0.6) is 0 Å². The van der Waals surface area contributed by atoms with Crippen molar-refractivity contribution in [3.8, 4) is 11.3 Å². The number of esters is 1. The van der Waals surface area contributed by atoms with Gasteiger partial charge >= 0.3 is 5.97 Å². The van der Waals surface area contributed by atoms with Crippen LogP contribution in [0, 0.1) is 6.92 Å². The van der Waals surface area contributed by atoms with Crippen molar-refractivity contribution in [1.29, 1.82) is 0 Å². The molecule has 4 rings (SSSR count). The molecule has 0 spiro atoms. The van der Waals surface area contributed by atoms with Crippen molar-refractivity contribution >= 4 is 22.7 Å². The Labute approximate surface area is 167 Å². The molecule has 0 aliphatic heterocycles. The number of benzene rings is 3. The number of hydrogen-bond acceptors (Lipinski definition) is 5. The van der Waals surface area contributed by atoms with E-state index in [1.807, 2.05) is 49.4 Å². The Hall–Kier alpha value is -3.73. The topological polar surface area (TPSA) is 69.4 Å².